The van der Waals surface area contributed by atoms with Gasteiger partial charge in [-0.25, -0.2) is 0 Å². The van der Waals surface area contributed by atoms with Gasteiger partial charge in [0.1, 0.15) is 6.10 Å². The average Bonchev–Trinajstić information content (AvgIpc) is 2.70. The van der Waals surface area contributed by atoms with Crippen LogP contribution in [0, 0.1) is 6.92 Å². The summed E-state index contributed by atoms with van der Waals surface area (Å²) in [4.78, 5) is 0. The number of halogens is 1. The van der Waals surface area contributed by atoms with Gasteiger partial charge in [0.2, 0.25) is 0 Å². The summed E-state index contributed by atoms with van der Waals surface area (Å²) in [6.07, 6.45) is 0.946. The largest absolute Gasteiger partial charge is 0.367 e. The lowest BCUT2D eigenvalue weighted by Gasteiger charge is -2.19. The van der Waals surface area contributed by atoms with Crippen molar-refractivity contribution in [3.8, 4) is 0 Å². The molecule has 0 aliphatic rings. The molecule has 0 radical (unpaired) electrons. The summed E-state index contributed by atoms with van der Waals surface area (Å²) in [6, 6.07) is 26.9. The number of aryl methyl sites for hydroxylation is 1. The van der Waals surface area contributed by atoms with Crippen LogP contribution in [0.1, 0.15) is 28.4 Å². The van der Waals surface area contributed by atoms with Crippen LogP contribution in [0.2, 0.25) is 5.02 Å². The molecule has 3 rings (SSSR count). The van der Waals surface area contributed by atoms with Crippen molar-refractivity contribution in [3.63, 3.8) is 0 Å². The molecule has 0 aliphatic heterocycles. The molecule has 3 aromatic rings. The summed E-state index contributed by atoms with van der Waals surface area (Å²) >= 11 is 6.03. The molecule has 0 spiro atoms. The Hall–Kier alpha value is -2.13. The molecular weight excluding hydrogens is 354 g/mol. The zero-order valence-corrected chi connectivity index (χ0v) is 16.5. The third-order valence-electron chi connectivity index (χ3n) is 4.55. The van der Waals surface area contributed by atoms with Crippen LogP contribution in [0.3, 0.4) is 0 Å². The summed E-state index contributed by atoms with van der Waals surface area (Å²) < 4.78 is 6.22. The van der Waals surface area contributed by atoms with Crippen molar-refractivity contribution >= 4 is 11.6 Å². The molecule has 0 saturated carbocycles. The van der Waals surface area contributed by atoms with E-state index in [-0.39, 0.29) is 6.10 Å². The van der Waals surface area contributed by atoms with E-state index >= 15 is 0 Å². The van der Waals surface area contributed by atoms with E-state index in [9.17, 15) is 0 Å². The first-order valence-electron chi connectivity index (χ1n) is 9.40. The Morgan fingerprint density at radius 2 is 1.48 bits per heavy atom. The molecule has 0 bridgehead atoms. The van der Waals surface area contributed by atoms with Gasteiger partial charge in [-0.05, 0) is 48.7 Å². The minimum absolute atomic E-state index is 0.0811. The van der Waals surface area contributed by atoms with E-state index in [1.54, 1.807) is 0 Å². The summed E-state index contributed by atoms with van der Waals surface area (Å²) in [5.41, 5.74) is 4.93. The van der Waals surface area contributed by atoms with Crippen LogP contribution in [-0.4, -0.2) is 19.7 Å². The average molecular weight is 380 g/mol. The van der Waals surface area contributed by atoms with Crippen molar-refractivity contribution in [1.82, 2.24) is 5.32 Å². The van der Waals surface area contributed by atoms with Crippen LogP contribution in [0.25, 0.3) is 0 Å². The summed E-state index contributed by atoms with van der Waals surface area (Å²) in [6.45, 7) is 4.53. The van der Waals surface area contributed by atoms with Crippen molar-refractivity contribution in [2.75, 3.05) is 19.7 Å². The molecule has 3 heteroatoms. The maximum atomic E-state index is 6.22. The second kappa shape index (κ2) is 10.3. The normalized spacial score (nSPS) is 12.1. The number of ether oxygens (including phenoxy) is 1. The Kier molecular flexibility index (Phi) is 7.46. The van der Waals surface area contributed by atoms with E-state index < -0.39 is 0 Å². The molecule has 1 atom stereocenters. The van der Waals surface area contributed by atoms with E-state index in [1.807, 2.05) is 42.5 Å². The van der Waals surface area contributed by atoms with Gasteiger partial charge in [-0.3, -0.25) is 0 Å². The van der Waals surface area contributed by atoms with Gasteiger partial charge in [0.15, 0.2) is 0 Å². The predicted molar refractivity (Wildman–Crippen MR) is 113 cm³/mol. The third kappa shape index (κ3) is 6.21. The number of hydrogen-bond donors (Lipinski definition) is 1. The maximum Gasteiger partial charge on any atom is 0.108 e. The van der Waals surface area contributed by atoms with Gasteiger partial charge < -0.3 is 10.1 Å². The fourth-order valence-corrected chi connectivity index (χ4v) is 3.14. The van der Waals surface area contributed by atoms with Gasteiger partial charge in [0.05, 0.1) is 6.61 Å². The second-order valence-corrected chi connectivity index (χ2v) is 7.14. The lowest BCUT2D eigenvalue weighted by atomic mass is 10.0. The highest BCUT2D eigenvalue weighted by Gasteiger charge is 2.14. The van der Waals surface area contributed by atoms with Crippen LogP contribution in [0.15, 0.2) is 78.9 Å². The predicted octanol–water partition coefficient (Wildman–Crippen LogP) is 5.59. The highest BCUT2D eigenvalue weighted by atomic mass is 35.5. The van der Waals surface area contributed by atoms with Gasteiger partial charge >= 0.3 is 0 Å². The molecule has 0 aliphatic carbocycles. The van der Waals surface area contributed by atoms with E-state index in [0.717, 1.165) is 35.7 Å². The lowest BCUT2D eigenvalue weighted by Crippen LogP contribution is -2.23. The van der Waals surface area contributed by atoms with E-state index in [0.29, 0.717) is 6.61 Å². The molecule has 0 saturated heterocycles. The monoisotopic (exact) mass is 379 g/mol. The fraction of sp³-hybridized carbons (Fsp3) is 0.250. The van der Waals surface area contributed by atoms with Crippen LogP contribution in [0.4, 0.5) is 0 Å². The highest BCUT2D eigenvalue weighted by molar-refractivity contribution is 6.30. The van der Waals surface area contributed by atoms with Crippen LogP contribution in [-0.2, 0) is 11.2 Å². The van der Waals surface area contributed by atoms with Crippen LogP contribution >= 0.6 is 11.6 Å². The zero-order valence-electron chi connectivity index (χ0n) is 15.7. The van der Waals surface area contributed by atoms with E-state index in [1.165, 1.54) is 11.1 Å². The third-order valence-corrected chi connectivity index (χ3v) is 4.80. The van der Waals surface area contributed by atoms with Gasteiger partial charge in [0, 0.05) is 11.6 Å². The van der Waals surface area contributed by atoms with Gasteiger partial charge in [-0.15, -0.1) is 0 Å². The zero-order chi connectivity index (χ0) is 18.9. The van der Waals surface area contributed by atoms with Crippen molar-refractivity contribution in [3.05, 3.63) is 106 Å². The maximum absolute atomic E-state index is 6.22. The Morgan fingerprint density at radius 1 is 0.815 bits per heavy atom. The minimum Gasteiger partial charge on any atom is -0.367 e. The fourth-order valence-electron chi connectivity index (χ4n) is 3.01. The SMILES string of the molecule is Cc1ccc(CCNCCOC(c2ccccc2)c2ccc(Cl)cc2)cc1. The van der Waals surface area contributed by atoms with Gasteiger partial charge in [-0.1, -0.05) is 83.9 Å². The quantitative estimate of drug-likeness (QED) is 0.489. The van der Waals surface area contributed by atoms with E-state index in [2.05, 4.69) is 48.6 Å². The van der Waals surface area contributed by atoms with Crippen LogP contribution < -0.4 is 5.32 Å². The summed E-state index contributed by atoms with van der Waals surface area (Å²) in [5, 5.41) is 4.21. The molecule has 1 unspecified atom stereocenters. The smallest absolute Gasteiger partial charge is 0.108 e. The Morgan fingerprint density at radius 3 is 2.19 bits per heavy atom. The lowest BCUT2D eigenvalue weighted by molar-refractivity contribution is 0.0822. The molecule has 0 aromatic heterocycles. The molecule has 0 heterocycles. The summed E-state index contributed by atoms with van der Waals surface area (Å²) in [7, 11) is 0. The number of rotatable bonds is 9. The first-order chi connectivity index (χ1) is 13.2. The number of nitrogens with one attached hydrogen (secondary N) is 1. The molecule has 27 heavy (non-hydrogen) atoms. The Bertz CT molecular complexity index is 800. The molecule has 0 fully saturated rings. The first kappa shape index (κ1) is 19.6. The van der Waals surface area contributed by atoms with Crippen LogP contribution in [0.5, 0.6) is 0 Å². The Balaban J connectivity index is 1.49. The topological polar surface area (TPSA) is 21.3 Å². The standard InChI is InChI=1S/C24H26ClNO/c1-19-7-9-20(10-8-19)15-16-26-17-18-27-24(21-5-3-2-4-6-21)22-11-13-23(25)14-12-22/h2-14,24,26H,15-18H2,1H3. The van der Waals surface area contributed by atoms with Gasteiger partial charge in [0.25, 0.3) is 0 Å². The number of benzene rings is 3. The van der Waals surface area contributed by atoms with Crippen molar-refractivity contribution < 1.29 is 4.74 Å². The van der Waals surface area contributed by atoms with Crippen molar-refractivity contribution in [2.45, 2.75) is 19.4 Å². The second-order valence-electron chi connectivity index (χ2n) is 6.70. The summed E-state index contributed by atoms with van der Waals surface area (Å²) in [5.74, 6) is 0. The minimum atomic E-state index is -0.0811. The molecule has 140 valence electrons. The highest BCUT2D eigenvalue weighted by Crippen LogP contribution is 2.26. The Labute approximate surface area is 167 Å². The van der Waals surface area contributed by atoms with Gasteiger partial charge in [-0.2, -0.15) is 0 Å². The molecule has 1 N–H and O–H groups in total. The van der Waals surface area contributed by atoms with E-state index in [4.69, 9.17) is 16.3 Å². The molecular formula is C24H26ClNO. The van der Waals surface area contributed by atoms with Crippen molar-refractivity contribution in [2.24, 2.45) is 0 Å². The molecule has 0 amide bonds. The molecule has 3 aromatic carbocycles. The number of hydrogen-bond acceptors (Lipinski definition) is 2. The first-order valence-corrected chi connectivity index (χ1v) is 9.78. The van der Waals surface area contributed by atoms with Crippen molar-refractivity contribution in [1.29, 1.82) is 0 Å². The molecule has 2 nitrogen and oxygen atoms in total.